The molecule has 122 heavy (non-hydrogen) atoms. The molecule has 0 aliphatic carbocycles. The summed E-state index contributed by atoms with van der Waals surface area (Å²) in [4.78, 5) is 81.4. The van der Waals surface area contributed by atoms with E-state index in [-0.39, 0.29) is 85.3 Å². The number of hydrogen-bond acceptors (Lipinski definition) is 27. The standard InChI is InChI=1S/C21H18BrN3O2S.C18H13F3N4O8S.C14H12F3N3O3.C13H9ClN4S.C10H7N3O2S3/c1-13-11-14(22)9-10-18(13)25-21(28)24-16-6-4-5-15(12-16)23-20(27)17-7-2-3-8-19(17)26;1-31-16(26)10-4-8(7-22)15(23-13(10)17(32-2)33-3)34-14-11(24(27)28)5-9(18(19,20)21)6-12(14)25(29)30;1-7-11(12(22)20-13(18-7)19-8(2)21)23-10-5-3-4-9(6-10)14(15,16)17;14-10-5-3-9(4-6-10)12-16-17-13(19)18(12)11-2-1-7-15-8-11;14-18(15,9-5-2-6-16-9)13-8-4-1-3-7-10(8)12-17-11-7/h2-12,26H,1H3,(H,23,27)(H2,24,25,28);4-6,17H,1-3H3;3-6H,1-2H3,(H2,18,19,20,21,22);1-8H,(H,17,19);1-6,13H. The number of nitro benzene ring substituents is 2. The predicted molar refractivity (Wildman–Crippen MR) is 452 cm³/mol. The van der Waals surface area contributed by atoms with Crippen LogP contribution in [0.3, 0.4) is 0 Å². The molecule has 0 unspecified atom stereocenters. The normalized spacial score (nSPS) is 11.0. The first kappa shape index (κ1) is 92.8. The number of carbonyl (C=O) groups is 3. The lowest BCUT2D eigenvalue weighted by Crippen LogP contribution is -2.20. The Kier molecular flexibility index (Phi) is 31.8. The highest BCUT2D eigenvalue weighted by Crippen LogP contribution is 2.46. The van der Waals surface area contributed by atoms with Crippen LogP contribution < -0.4 is 36.3 Å². The number of rotatable bonds is 20. The molecule has 630 valence electrons. The van der Waals surface area contributed by atoms with Crippen LogP contribution in [0.2, 0.25) is 5.02 Å². The Morgan fingerprint density at radius 3 is 2.04 bits per heavy atom. The van der Waals surface area contributed by atoms with Gasteiger partial charge in [-0.3, -0.25) is 64.3 Å². The number of sulfonamides is 1. The Bertz CT molecular complexity index is 6290. The van der Waals surface area contributed by atoms with E-state index in [0.717, 1.165) is 75.5 Å². The number of hydrogen-bond donors (Lipinski definition) is 8. The molecule has 0 fully saturated rings. The van der Waals surface area contributed by atoms with Gasteiger partial charge < -0.3 is 40.0 Å². The number of pyridine rings is 2. The summed E-state index contributed by atoms with van der Waals surface area (Å²) in [7, 11) is -0.112. The van der Waals surface area contributed by atoms with Gasteiger partial charge in [-0.1, -0.05) is 75.7 Å². The number of nitriles is 1. The smallest absolute Gasteiger partial charge is 0.416 e. The van der Waals surface area contributed by atoms with Crippen molar-refractivity contribution in [1.29, 1.82) is 5.26 Å². The maximum Gasteiger partial charge on any atom is 0.416 e. The van der Waals surface area contributed by atoms with Crippen LogP contribution in [0.25, 0.3) is 28.1 Å². The molecule has 0 saturated carbocycles. The van der Waals surface area contributed by atoms with E-state index in [2.05, 4.69) is 85.5 Å². The van der Waals surface area contributed by atoms with E-state index in [0.29, 0.717) is 37.3 Å². The highest BCUT2D eigenvalue weighted by molar-refractivity contribution is 9.10. The largest absolute Gasteiger partial charge is 0.507 e. The fraction of sp³-hybridized carbons (Fsp3) is 0.118. The van der Waals surface area contributed by atoms with Gasteiger partial charge in [0.2, 0.25) is 23.9 Å². The fourth-order valence-electron chi connectivity index (χ4n) is 10.4. The van der Waals surface area contributed by atoms with E-state index < -0.39 is 88.4 Å². The highest BCUT2D eigenvalue weighted by Gasteiger charge is 2.39. The molecule has 13 rings (SSSR count). The number of anilines is 5. The van der Waals surface area contributed by atoms with Crippen LogP contribution in [-0.4, -0.2) is 111 Å². The zero-order valence-corrected chi connectivity index (χ0v) is 70.4. The summed E-state index contributed by atoms with van der Waals surface area (Å²) in [6.07, 6.45) is -7.46. The second-order valence-corrected chi connectivity index (χ2v) is 30.8. The molecule has 8 N–H and O–H groups in total. The number of aromatic amines is 2. The number of aromatic nitrogens is 9. The molecular weight excluding hydrogens is 1810 g/mol. The third-order valence-corrected chi connectivity index (χ3v) is 21.5. The van der Waals surface area contributed by atoms with E-state index in [1.54, 1.807) is 90.6 Å². The first-order valence-corrected chi connectivity index (χ1v) is 40.0. The number of H-pyrrole nitrogens is 2. The van der Waals surface area contributed by atoms with E-state index >= 15 is 0 Å². The molecular formula is C76H59BrClF6N17O15S6. The number of carbonyl (C=O) groups excluding carboxylic acids is 3. The fourth-order valence-corrected chi connectivity index (χ4v) is 15.1. The van der Waals surface area contributed by atoms with Crippen molar-refractivity contribution >= 4 is 171 Å². The Balaban J connectivity index is 0.000000176. The minimum Gasteiger partial charge on any atom is -0.507 e. The SMILES string of the molecule is CC(=O)Nc1nc(C)c(Oc2cccc(C(F)(F)F)c2)c(=O)[nH]1.COC(=O)c1cc(C#N)c(Sc2c([N+](=O)[O-])cc(C(F)(F)F)cc2[N+](=O)[O-])nc1C(OC)OC.Cc1cc(Br)ccc1NC(=S)Nc1cccc(NC(=O)c2ccccc2O)c1.O=S(=O)(Nc1cccc2nsnc12)c1cccs1.S=c1[nH]nc(-c2ccc(Cl)cc2)n1-c1cccnc1. The summed E-state index contributed by atoms with van der Waals surface area (Å²) in [5, 5.41) is 63.1. The monoisotopic (exact) mass is 1870 g/mol. The number of alkyl halides is 6. The first-order chi connectivity index (χ1) is 57.9. The number of esters is 1. The molecule has 0 aliphatic heterocycles. The average Bonchev–Trinajstić information content (AvgIpc) is 0.824. The number of fused-ring (bicyclic) bond motifs is 1. The van der Waals surface area contributed by atoms with Crippen molar-refractivity contribution in [3.63, 3.8) is 0 Å². The van der Waals surface area contributed by atoms with Gasteiger partial charge in [-0.15, -0.1) is 11.3 Å². The number of para-hydroxylation sites is 1. The molecule has 0 radical (unpaired) electrons. The number of aryl methyl sites for hydroxylation is 2. The van der Waals surface area contributed by atoms with Gasteiger partial charge in [0, 0.05) is 71.6 Å². The Labute approximate surface area is 722 Å². The number of benzene rings is 7. The first-order valence-electron chi connectivity index (χ1n) is 34.1. The van der Waals surface area contributed by atoms with Crippen molar-refractivity contribution < 1.29 is 83.0 Å². The molecule has 32 nitrogen and oxygen atoms in total. The number of phenols is 1. The van der Waals surface area contributed by atoms with Crippen molar-refractivity contribution in [1.82, 2.24) is 43.4 Å². The van der Waals surface area contributed by atoms with E-state index in [9.17, 15) is 84.5 Å². The lowest BCUT2D eigenvalue weighted by molar-refractivity contribution is -0.400. The molecule has 13 aromatic rings. The number of thiocarbonyl (C=S) groups is 1. The third-order valence-electron chi connectivity index (χ3n) is 15.8. The predicted octanol–water partition coefficient (Wildman–Crippen LogP) is 18.6. The van der Waals surface area contributed by atoms with Crippen LogP contribution >= 0.6 is 86.8 Å². The van der Waals surface area contributed by atoms with Gasteiger partial charge in [0.1, 0.15) is 43.5 Å². The number of nitro groups is 2. The molecule has 6 aromatic heterocycles. The van der Waals surface area contributed by atoms with Gasteiger partial charge in [-0.25, -0.2) is 23.2 Å². The lowest BCUT2D eigenvalue weighted by atomic mass is 10.1. The summed E-state index contributed by atoms with van der Waals surface area (Å²) >= 11 is 22.4. The van der Waals surface area contributed by atoms with Crippen LogP contribution in [-0.2, 0) is 41.4 Å². The quantitative estimate of drug-likeness (QED) is 0.00877. The number of nitrogens with one attached hydrogen (secondary N) is 7. The van der Waals surface area contributed by atoms with Crippen molar-refractivity contribution in [2.75, 3.05) is 47.3 Å². The van der Waals surface area contributed by atoms with Crippen molar-refractivity contribution in [3.05, 3.63) is 283 Å². The topological polar surface area (TPSA) is 444 Å². The van der Waals surface area contributed by atoms with Crippen molar-refractivity contribution in [3.8, 4) is 40.4 Å². The molecule has 46 heteroatoms. The number of methoxy groups -OCH3 is 3. The van der Waals surface area contributed by atoms with E-state index in [1.165, 1.54) is 57.6 Å². The zero-order valence-electron chi connectivity index (χ0n) is 63.2. The second-order valence-electron chi connectivity index (χ2n) is 24.2. The maximum absolute atomic E-state index is 13.1. The number of halogens is 8. The number of thiophene rings is 1. The number of aromatic hydroxyl groups is 1. The van der Waals surface area contributed by atoms with Gasteiger partial charge >= 0.3 is 18.3 Å². The lowest BCUT2D eigenvalue weighted by Gasteiger charge is -2.17. The Hall–Kier alpha value is -13.0. The molecule has 0 spiro atoms. The van der Waals surface area contributed by atoms with Gasteiger partial charge in [-0.2, -0.15) is 45.5 Å². The summed E-state index contributed by atoms with van der Waals surface area (Å²) in [5.74, 6) is -1.57. The van der Waals surface area contributed by atoms with Gasteiger partial charge in [0.15, 0.2) is 20.6 Å². The average molecular weight is 1870 g/mol. The van der Waals surface area contributed by atoms with Crippen LogP contribution in [0.15, 0.2) is 217 Å². The number of phenolic OH excluding ortho intramolecular Hbond substituents is 1. The molecule has 2 amide bonds. The Morgan fingerprint density at radius 1 is 0.770 bits per heavy atom. The van der Waals surface area contributed by atoms with Crippen LogP contribution in [0.4, 0.5) is 66.4 Å². The number of ether oxygens (including phenoxy) is 4. The maximum atomic E-state index is 13.1. The molecule has 0 atom stereocenters. The Morgan fingerprint density at radius 2 is 1.44 bits per heavy atom. The number of nitrogens with zero attached hydrogens (tertiary/aromatic N) is 10. The second kappa shape index (κ2) is 41.8. The van der Waals surface area contributed by atoms with E-state index in [4.69, 9.17) is 50.2 Å². The highest BCUT2D eigenvalue weighted by atomic mass is 79.9. The molecule has 0 saturated heterocycles. The third kappa shape index (κ3) is 24.8. The number of amides is 2. The summed E-state index contributed by atoms with van der Waals surface area (Å²) in [6, 6.07) is 46.2. The minimum atomic E-state index is -5.10. The summed E-state index contributed by atoms with van der Waals surface area (Å²) < 4.78 is 136. The van der Waals surface area contributed by atoms with Gasteiger partial charge in [-0.05, 0) is 177 Å². The minimum absolute atomic E-state index is 0.0653. The van der Waals surface area contributed by atoms with Gasteiger partial charge in [0.25, 0.3) is 32.9 Å². The molecule has 6 heterocycles. The summed E-state index contributed by atoms with van der Waals surface area (Å²) in [6.45, 7) is 4.66. The molecule has 7 aromatic carbocycles. The molecule has 0 bridgehead atoms. The zero-order chi connectivity index (χ0) is 88.9. The van der Waals surface area contributed by atoms with Crippen LogP contribution in [0.1, 0.15) is 67.6 Å². The van der Waals surface area contributed by atoms with Crippen molar-refractivity contribution in [2.24, 2.45) is 0 Å². The van der Waals surface area contributed by atoms with Crippen LogP contribution in [0, 0.1) is 50.2 Å². The van der Waals surface area contributed by atoms with Crippen molar-refractivity contribution in [2.45, 2.75) is 53.5 Å². The summed E-state index contributed by atoms with van der Waals surface area (Å²) in [5.41, 5.74) is 0.545. The van der Waals surface area contributed by atoms with Gasteiger partial charge in [0.05, 0.1) is 79.8 Å². The van der Waals surface area contributed by atoms with Crippen LogP contribution in [0.5, 0.6) is 17.2 Å². The molecule has 0 aliphatic rings. The van der Waals surface area contributed by atoms with E-state index in [1.807, 2.05) is 72.2 Å².